The average molecular weight is 129 g/mol. The third-order valence-electron chi connectivity index (χ3n) is 0.393. The van der Waals surface area contributed by atoms with Crippen LogP contribution in [0.5, 0.6) is 0 Å². The van der Waals surface area contributed by atoms with Crippen LogP contribution in [0.4, 0.5) is 13.2 Å². The van der Waals surface area contributed by atoms with Crippen molar-refractivity contribution >= 4 is 0 Å². The molecule has 3 nitrogen and oxygen atoms in total. The molecule has 0 heterocycles. The molecule has 0 radical (unpaired) electrons. The van der Waals surface area contributed by atoms with E-state index in [0.717, 1.165) is 0 Å². The minimum Gasteiger partial charge on any atom is -0.362 e. The van der Waals surface area contributed by atoms with Crippen molar-refractivity contribution in [3.63, 3.8) is 0 Å². The van der Waals surface area contributed by atoms with E-state index in [0.29, 0.717) is 0 Å². The Hall–Kier alpha value is -0.650. The number of hydrogen-bond acceptors (Lipinski definition) is 3. The van der Waals surface area contributed by atoms with Crippen LogP contribution < -0.4 is 0 Å². The lowest BCUT2D eigenvalue weighted by atomic mass is 10.6. The highest BCUT2D eigenvalue weighted by Crippen LogP contribution is 2.19. The zero-order valence-corrected chi connectivity index (χ0v) is 3.51. The summed E-state index contributed by atoms with van der Waals surface area (Å²) in [6.45, 7) is 0. The van der Waals surface area contributed by atoms with Crippen LogP contribution in [0.2, 0.25) is 0 Å². The van der Waals surface area contributed by atoms with E-state index in [1.165, 1.54) is 5.18 Å². The Balaban J connectivity index is 3.80. The normalized spacial score (nSPS) is 15.5. The number of nitroso groups, excluding NO2 is 1. The molecular weight excluding hydrogens is 127 g/mol. The highest BCUT2D eigenvalue weighted by molar-refractivity contribution is 4.59. The second-order valence-electron chi connectivity index (χ2n) is 1.02. The molecule has 0 spiro atoms. The molecule has 48 valence electrons. The Labute approximate surface area is 42.1 Å². The van der Waals surface area contributed by atoms with Crippen molar-refractivity contribution in [1.82, 2.24) is 0 Å². The first-order chi connectivity index (χ1) is 3.48. The summed E-state index contributed by atoms with van der Waals surface area (Å²) in [5.74, 6) is 0. The number of nitrogens with zero attached hydrogens (tertiary/aromatic N) is 1. The zero-order valence-electron chi connectivity index (χ0n) is 3.51. The predicted molar refractivity (Wildman–Crippen MR) is 17.9 cm³/mol. The van der Waals surface area contributed by atoms with E-state index < -0.39 is 12.4 Å². The lowest BCUT2D eigenvalue weighted by Gasteiger charge is -2.03. The topological polar surface area (TPSA) is 49.7 Å². The predicted octanol–water partition coefficient (Wildman–Crippen LogP) is 0.633. The molecule has 1 N–H and O–H groups in total. The van der Waals surface area contributed by atoms with Gasteiger partial charge in [0.25, 0.3) is 6.23 Å². The van der Waals surface area contributed by atoms with Gasteiger partial charge in [0.05, 0.1) is 0 Å². The smallest absolute Gasteiger partial charge is 0.362 e. The van der Waals surface area contributed by atoms with Crippen LogP contribution in [0.25, 0.3) is 0 Å². The van der Waals surface area contributed by atoms with E-state index in [2.05, 4.69) is 0 Å². The summed E-state index contributed by atoms with van der Waals surface area (Å²) in [4.78, 5) is 8.93. The molecule has 0 aromatic carbocycles. The van der Waals surface area contributed by atoms with Gasteiger partial charge in [-0.25, -0.2) is 0 Å². The fourth-order valence-corrected chi connectivity index (χ4v) is 0.0598. The zero-order chi connectivity index (χ0) is 6.78. The Morgan fingerprint density at radius 3 is 1.88 bits per heavy atom. The largest absolute Gasteiger partial charge is 0.438 e. The Morgan fingerprint density at radius 1 is 1.50 bits per heavy atom. The third-order valence-corrected chi connectivity index (χ3v) is 0.393. The minimum absolute atomic E-state index is 1.34. The molecule has 0 fully saturated rings. The van der Waals surface area contributed by atoms with Gasteiger partial charge in [-0.3, -0.25) is 0 Å². The van der Waals surface area contributed by atoms with E-state index in [4.69, 9.17) is 10.0 Å². The van der Waals surface area contributed by atoms with Gasteiger partial charge in [0, 0.05) is 0 Å². The van der Waals surface area contributed by atoms with Gasteiger partial charge in [0.1, 0.15) is 0 Å². The van der Waals surface area contributed by atoms with Crippen LogP contribution in [0, 0.1) is 4.91 Å². The van der Waals surface area contributed by atoms with Gasteiger partial charge in [0.2, 0.25) is 0 Å². The van der Waals surface area contributed by atoms with Gasteiger partial charge in [-0.05, 0) is 5.18 Å². The first kappa shape index (κ1) is 7.35. The number of rotatable bonds is 1. The summed E-state index contributed by atoms with van der Waals surface area (Å²) in [6, 6.07) is 0. The molecule has 0 bridgehead atoms. The average Bonchev–Trinajstić information content (AvgIpc) is 1.62. The Kier molecular flexibility index (Phi) is 1.91. The molecule has 0 saturated carbocycles. The van der Waals surface area contributed by atoms with E-state index in [1.54, 1.807) is 0 Å². The maximum Gasteiger partial charge on any atom is 0.438 e. The SMILES string of the molecule is O=NC(O)C(F)(F)F. The second kappa shape index (κ2) is 2.08. The van der Waals surface area contributed by atoms with Crippen LogP contribution >= 0.6 is 0 Å². The maximum absolute atomic E-state index is 10.9. The van der Waals surface area contributed by atoms with E-state index in [-0.39, 0.29) is 0 Å². The van der Waals surface area contributed by atoms with E-state index >= 15 is 0 Å². The molecule has 0 amide bonds. The lowest BCUT2D eigenvalue weighted by molar-refractivity contribution is -0.201. The quantitative estimate of drug-likeness (QED) is 0.528. The molecule has 0 aliphatic rings. The van der Waals surface area contributed by atoms with Crippen molar-refractivity contribution in [2.45, 2.75) is 12.4 Å². The van der Waals surface area contributed by atoms with Crippen LogP contribution in [0.3, 0.4) is 0 Å². The van der Waals surface area contributed by atoms with Gasteiger partial charge < -0.3 is 5.11 Å². The third kappa shape index (κ3) is 1.87. The molecule has 0 aromatic heterocycles. The summed E-state index contributed by atoms with van der Waals surface area (Å²) in [5.41, 5.74) is 0. The number of alkyl halides is 3. The summed E-state index contributed by atoms with van der Waals surface area (Å²) in [6.07, 6.45) is -8.00. The first-order valence-corrected chi connectivity index (χ1v) is 1.55. The Morgan fingerprint density at radius 2 is 1.88 bits per heavy atom. The molecule has 0 aromatic rings. The second-order valence-corrected chi connectivity index (χ2v) is 1.02. The van der Waals surface area contributed by atoms with Crippen molar-refractivity contribution in [2.24, 2.45) is 5.18 Å². The summed E-state index contributed by atoms with van der Waals surface area (Å²) in [7, 11) is 0. The summed E-state index contributed by atoms with van der Waals surface area (Å²) >= 11 is 0. The van der Waals surface area contributed by atoms with Crippen LogP contribution in [0.15, 0.2) is 5.18 Å². The lowest BCUT2D eigenvalue weighted by Crippen LogP contribution is -2.25. The molecule has 0 rings (SSSR count). The molecule has 0 saturated heterocycles. The molecule has 1 unspecified atom stereocenters. The molecule has 8 heavy (non-hydrogen) atoms. The monoisotopic (exact) mass is 129 g/mol. The number of aliphatic hydroxyl groups excluding tert-OH is 1. The maximum atomic E-state index is 10.9. The molecular formula is C2H2F3NO2. The highest BCUT2D eigenvalue weighted by atomic mass is 19.4. The number of aliphatic hydroxyl groups is 1. The van der Waals surface area contributed by atoms with Gasteiger partial charge in [0.15, 0.2) is 0 Å². The molecule has 6 heteroatoms. The van der Waals surface area contributed by atoms with Crippen molar-refractivity contribution < 1.29 is 18.3 Å². The molecule has 0 aliphatic carbocycles. The van der Waals surface area contributed by atoms with Crippen LogP contribution in [0.1, 0.15) is 0 Å². The standard InChI is InChI=1S/C2H2F3NO2/c3-2(4,5)1(7)6-8/h1,7H. The van der Waals surface area contributed by atoms with Crippen molar-refractivity contribution in [3.05, 3.63) is 4.91 Å². The summed E-state index contributed by atoms with van der Waals surface area (Å²) in [5, 5.41) is 8.93. The highest BCUT2D eigenvalue weighted by Gasteiger charge is 2.39. The van der Waals surface area contributed by atoms with Gasteiger partial charge in [-0.2, -0.15) is 13.2 Å². The van der Waals surface area contributed by atoms with E-state index in [1.807, 2.05) is 0 Å². The fraction of sp³-hybridized carbons (Fsp3) is 1.00. The van der Waals surface area contributed by atoms with Gasteiger partial charge in [-0.15, -0.1) is 4.91 Å². The Bertz CT molecular complexity index is 89.8. The number of hydrogen-bond donors (Lipinski definition) is 1. The van der Waals surface area contributed by atoms with Crippen molar-refractivity contribution in [2.75, 3.05) is 0 Å². The fourth-order valence-electron chi connectivity index (χ4n) is 0.0598. The van der Waals surface area contributed by atoms with Crippen molar-refractivity contribution in [3.8, 4) is 0 Å². The van der Waals surface area contributed by atoms with Crippen LogP contribution in [-0.2, 0) is 0 Å². The van der Waals surface area contributed by atoms with Gasteiger partial charge >= 0.3 is 6.18 Å². The minimum atomic E-state index is -4.91. The van der Waals surface area contributed by atoms with Crippen LogP contribution in [-0.4, -0.2) is 17.5 Å². The van der Waals surface area contributed by atoms with Gasteiger partial charge in [-0.1, -0.05) is 0 Å². The van der Waals surface area contributed by atoms with E-state index in [9.17, 15) is 13.2 Å². The summed E-state index contributed by atoms with van der Waals surface area (Å²) < 4.78 is 32.7. The number of halogens is 3. The molecule has 0 aliphatic heterocycles. The van der Waals surface area contributed by atoms with Crippen molar-refractivity contribution in [1.29, 1.82) is 0 Å². The first-order valence-electron chi connectivity index (χ1n) is 1.55. The molecule has 1 atom stereocenters.